The van der Waals surface area contributed by atoms with Crippen LogP contribution in [-0.4, -0.2) is 25.7 Å². The van der Waals surface area contributed by atoms with E-state index in [1.54, 1.807) is 0 Å². The topological polar surface area (TPSA) is 63.3 Å². The molecule has 0 aromatic heterocycles. The molecule has 0 saturated carbocycles. The van der Waals surface area contributed by atoms with Gasteiger partial charge in [-0.15, -0.1) is 0 Å². The zero-order chi connectivity index (χ0) is 10.8. The maximum absolute atomic E-state index is 10.7. The van der Waals surface area contributed by atoms with Crippen LogP contribution in [0.25, 0.3) is 0 Å². The number of nitrogens with two attached hydrogens (primary N) is 1. The summed E-state index contributed by atoms with van der Waals surface area (Å²) in [6, 6.07) is 2.47. The Kier molecular flexibility index (Phi) is 3.37. The number of carbonyl (C=O) groups is 1. The molecule has 0 unspecified atom stereocenters. The minimum absolute atomic E-state index is 0.0889. The smallest absolute Gasteiger partial charge is 0.303 e. The molecule has 0 amide bonds. The van der Waals surface area contributed by atoms with Gasteiger partial charge in [0.05, 0.1) is 6.42 Å². The molecule has 82 valence electrons. The summed E-state index contributed by atoms with van der Waals surface area (Å²) >= 11 is 0. The molecular formula is C10H21NO2Si. The van der Waals surface area contributed by atoms with Crippen molar-refractivity contribution in [3.05, 3.63) is 0 Å². The molecule has 0 aliphatic carbocycles. The van der Waals surface area contributed by atoms with Gasteiger partial charge in [0.25, 0.3) is 0 Å². The summed E-state index contributed by atoms with van der Waals surface area (Å²) < 4.78 is 0. The summed E-state index contributed by atoms with van der Waals surface area (Å²) in [5.41, 5.74) is 5.64. The van der Waals surface area contributed by atoms with E-state index < -0.39 is 14.0 Å². The maximum Gasteiger partial charge on any atom is 0.303 e. The highest BCUT2D eigenvalue weighted by atomic mass is 28.3. The summed E-state index contributed by atoms with van der Waals surface area (Å²) in [5.74, 6) is -0.697. The third kappa shape index (κ3) is 2.82. The maximum atomic E-state index is 10.7. The van der Waals surface area contributed by atoms with Crippen molar-refractivity contribution >= 4 is 14.0 Å². The van der Waals surface area contributed by atoms with E-state index in [0.29, 0.717) is 6.54 Å². The highest BCUT2D eigenvalue weighted by Gasteiger charge is 2.39. The van der Waals surface area contributed by atoms with Crippen molar-refractivity contribution in [2.75, 3.05) is 6.54 Å². The van der Waals surface area contributed by atoms with Gasteiger partial charge in [-0.1, -0.05) is 25.2 Å². The Morgan fingerprint density at radius 1 is 1.43 bits per heavy atom. The fraction of sp³-hybridized carbons (Fsp3) is 0.900. The van der Waals surface area contributed by atoms with E-state index in [9.17, 15) is 4.79 Å². The first-order valence-electron chi connectivity index (χ1n) is 5.31. The average molecular weight is 215 g/mol. The highest BCUT2D eigenvalue weighted by molar-refractivity contribution is 6.77. The van der Waals surface area contributed by atoms with Gasteiger partial charge in [-0.05, 0) is 24.8 Å². The largest absolute Gasteiger partial charge is 0.481 e. The van der Waals surface area contributed by atoms with Crippen molar-refractivity contribution in [2.45, 2.75) is 44.4 Å². The fourth-order valence-electron chi connectivity index (χ4n) is 2.23. The number of rotatable bonds is 3. The molecule has 3 N–H and O–H groups in total. The van der Waals surface area contributed by atoms with Crippen molar-refractivity contribution in [3.63, 3.8) is 0 Å². The molecular weight excluding hydrogens is 194 g/mol. The Hall–Kier alpha value is -0.353. The van der Waals surface area contributed by atoms with E-state index in [1.807, 2.05) is 0 Å². The molecule has 0 bridgehead atoms. The minimum atomic E-state index is -0.995. The van der Waals surface area contributed by atoms with Crippen LogP contribution >= 0.6 is 0 Å². The lowest BCUT2D eigenvalue weighted by atomic mass is 9.79. The molecule has 0 spiro atoms. The second kappa shape index (κ2) is 4.02. The molecule has 1 heterocycles. The van der Waals surface area contributed by atoms with E-state index in [-0.39, 0.29) is 11.8 Å². The van der Waals surface area contributed by atoms with E-state index in [2.05, 4.69) is 13.1 Å². The van der Waals surface area contributed by atoms with Crippen LogP contribution in [0.3, 0.4) is 0 Å². The first-order valence-corrected chi connectivity index (χ1v) is 8.73. The second-order valence-corrected chi connectivity index (χ2v) is 10.8. The fourth-order valence-corrected chi connectivity index (χ4v) is 4.90. The lowest BCUT2D eigenvalue weighted by Gasteiger charge is -2.41. The third-order valence-electron chi connectivity index (χ3n) is 3.62. The van der Waals surface area contributed by atoms with Crippen LogP contribution in [0.5, 0.6) is 0 Å². The second-order valence-electron chi connectivity index (χ2n) is 5.44. The van der Waals surface area contributed by atoms with E-state index in [0.717, 1.165) is 12.8 Å². The average Bonchev–Trinajstić information content (AvgIpc) is 2.09. The molecule has 1 aliphatic heterocycles. The first-order chi connectivity index (χ1) is 6.39. The van der Waals surface area contributed by atoms with E-state index >= 15 is 0 Å². The zero-order valence-corrected chi connectivity index (χ0v) is 10.2. The van der Waals surface area contributed by atoms with Crippen molar-refractivity contribution in [1.29, 1.82) is 0 Å². The standard InChI is InChI=1S/C10H21NO2Si/c1-14(2)5-3-10(8-11,4-6-14)7-9(12)13/h3-8,11H2,1-2H3,(H,12,13). The molecule has 0 atom stereocenters. The van der Waals surface area contributed by atoms with Crippen molar-refractivity contribution in [2.24, 2.45) is 11.1 Å². The van der Waals surface area contributed by atoms with Crippen LogP contribution in [-0.2, 0) is 4.79 Å². The molecule has 1 saturated heterocycles. The van der Waals surface area contributed by atoms with Crippen molar-refractivity contribution in [1.82, 2.24) is 0 Å². The summed E-state index contributed by atoms with van der Waals surface area (Å²) in [5, 5.41) is 8.85. The van der Waals surface area contributed by atoms with Crippen molar-refractivity contribution < 1.29 is 9.90 Å². The molecule has 14 heavy (non-hydrogen) atoms. The van der Waals surface area contributed by atoms with Gasteiger partial charge in [-0.25, -0.2) is 0 Å². The van der Waals surface area contributed by atoms with E-state index in [1.165, 1.54) is 12.1 Å². The van der Waals surface area contributed by atoms with Gasteiger partial charge in [0, 0.05) is 8.07 Å². The van der Waals surface area contributed by atoms with Crippen LogP contribution in [0.4, 0.5) is 0 Å². The monoisotopic (exact) mass is 215 g/mol. The van der Waals surface area contributed by atoms with Gasteiger partial charge in [0.15, 0.2) is 0 Å². The highest BCUT2D eigenvalue weighted by Crippen LogP contribution is 2.42. The minimum Gasteiger partial charge on any atom is -0.481 e. The molecule has 1 aliphatic rings. The Bertz CT molecular complexity index is 218. The predicted molar refractivity (Wildman–Crippen MR) is 60.1 cm³/mol. The summed E-state index contributed by atoms with van der Waals surface area (Å²) in [7, 11) is -0.995. The summed E-state index contributed by atoms with van der Waals surface area (Å²) in [6.45, 7) is 5.30. The number of aliphatic carboxylic acids is 1. The van der Waals surface area contributed by atoms with Gasteiger partial charge in [-0.3, -0.25) is 4.79 Å². The van der Waals surface area contributed by atoms with E-state index in [4.69, 9.17) is 10.8 Å². The summed E-state index contributed by atoms with van der Waals surface area (Å²) in [6.07, 6.45) is 2.30. The number of carboxylic acids is 1. The van der Waals surface area contributed by atoms with Gasteiger partial charge < -0.3 is 10.8 Å². The third-order valence-corrected chi connectivity index (χ3v) is 6.83. The van der Waals surface area contributed by atoms with Gasteiger partial charge in [0.1, 0.15) is 0 Å². The van der Waals surface area contributed by atoms with Crippen LogP contribution in [0.1, 0.15) is 19.3 Å². The van der Waals surface area contributed by atoms with Crippen LogP contribution in [0, 0.1) is 5.41 Å². The molecule has 0 aromatic carbocycles. The Morgan fingerprint density at radius 3 is 2.29 bits per heavy atom. The normalized spacial score (nSPS) is 24.5. The van der Waals surface area contributed by atoms with Crippen LogP contribution in [0.15, 0.2) is 0 Å². The molecule has 1 rings (SSSR count). The molecule has 0 radical (unpaired) electrons. The molecule has 0 aromatic rings. The Labute approximate surface area is 86.7 Å². The lowest BCUT2D eigenvalue weighted by molar-refractivity contribution is -0.139. The number of carboxylic acid groups (broad SMARTS) is 1. The summed E-state index contributed by atoms with van der Waals surface area (Å²) in [4.78, 5) is 10.7. The first kappa shape index (κ1) is 11.7. The lowest BCUT2D eigenvalue weighted by Crippen LogP contribution is -2.42. The predicted octanol–water partition coefficient (Wildman–Crippen LogP) is 1.91. The zero-order valence-electron chi connectivity index (χ0n) is 9.18. The Balaban J connectivity index is 2.61. The molecule has 4 heteroatoms. The number of hydrogen-bond acceptors (Lipinski definition) is 2. The quantitative estimate of drug-likeness (QED) is 0.707. The van der Waals surface area contributed by atoms with Gasteiger partial charge >= 0.3 is 5.97 Å². The van der Waals surface area contributed by atoms with Crippen LogP contribution in [0.2, 0.25) is 25.2 Å². The number of hydrogen-bond donors (Lipinski definition) is 2. The van der Waals surface area contributed by atoms with Gasteiger partial charge in [0.2, 0.25) is 0 Å². The Morgan fingerprint density at radius 2 is 1.93 bits per heavy atom. The van der Waals surface area contributed by atoms with Crippen LogP contribution < -0.4 is 5.73 Å². The molecule has 1 fully saturated rings. The van der Waals surface area contributed by atoms with Gasteiger partial charge in [-0.2, -0.15) is 0 Å². The van der Waals surface area contributed by atoms with Crippen molar-refractivity contribution in [3.8, 4) is 0 Å². The SMILES string of the molecule is C[Si]1(C)CCC(CN)(CC(=O)O)CC1. The molecule has 3 nitrogen and oxygen atoms in total.